The molecule has 4 aromatic rings. The van der Waals surface area contributed by atoms with Crippen LogP contribution in [-0.4, -0.2) is 21.9 Å². The molecule has 4 nitrogen and oxygen atoms in total. The minimum atomic E-state index is -4.38. The Morgan fingerprint density at radius 2 is 1.69 bits per heavy atom. The van der Waals surface area contributed by atoms with Crippen molar-refractivity contribution in [1.29, 1.82) is 0 Å². The molecule has 4 rings (SSSR count). The summed E-state index contributed by atoms with van der Waals surface area (Å²) in [5.41, 5.74) is 2.63. The van der Waals surface area contributed by atoms with Crippen LogP contribution in [-0.2, 0) is 11.9 Å². The summed E-state index contributed by atoms with van der Waals surface area (Å²) in [6.07, 6.45) is -4.38. The van der Waals surface area contributed by atoms with Crippen molar-refractivity contribution < 1.29 is 17.9 Å². The third kappa shape index (κ3) is 4.65. The van der Waals surface area contributed by atoms with Gasteiger partial charge in [-0.25, -0.2) is 0 Å². The number of alkyl halides is 3. The summed E-state index contributed by atoms with van der Waals surface area (Å²) in [4.78, 5) is 0. The van der Waals surface area contributed by atoms with Crippen LogP contribution in [0, 0.1) is 6.92 Å². The van der Waals surface area contributed by atoms with Crippen molar-refractivity contribution in [2.24, 2.45) is 0 Å². The third-order valence-electron chi connectivity index (χ3n) is 4.90. The minimum absolute atomic E-state index is 0.319. The normalized spacial score (nSPS) is 11.5. The Morgan fingerprint density at radius 1 is 0.938 bits per heavy atom. The predicted octanol–water partition coefficient (Wildman–Crippen LogP) is 6.56. The van der Waals surface area contributed by atoms with E-state index in [1.54, 1.807) is 13.2 Å². The molecule has 0 aliphatic carbocycles. The fourth-order valence-electron chi connectivity index (χ4n) is 3.28. The number of para-hydroxylation sites is 1. The number of aromatic nitrogens is 3. The highest BCUT2D eigenvalue weighted by molar-refractivity contribution is 7.98. The molecule has 1 aromatic heterocycles. The molecule has 0 aliphatic rings. The van der Waals surface area contributed by atoms with E-state index in [-0.39, 0.29) is 0 Å². The van der Waals surface area contributed by atoms with Gasteiger partial charge in [0, 0.05) is 11.4 Å². The lowest BCUT2D eigenvalue weighted by Gasteiger charge is -2.13. The average Bonchev–Trinajstić information content (AvgIpc) is 3.21. The van der Waals surface area contributed by atoms with Crippen LogP contribution >= 0.6 is 11.8 Å². The Balaban J connectivity index is 1.73. The topological polar surface area (TPSA) is 39.9 Å². The van der Waals surface area contributed by atoms with Crippen LogP contribution in [0.5, 0.6) is 5.75 Å². The van der Waals surface area contributed by atoms with Gasteiger partial charge < -0.3 is 4.74 Å². The number of hydrogen-bond donors (Lipinski definition) is 0. The van der Waals surface area contributed by atoms with Crippen LogP contribution in [0.4, 0.5) is 13.2 Å². The van der Waals surface area contributed by atoms with Crippen molar-refractivity contribution in [3.05, 3.63) is 89.5 Å². The van der Waals surface area contributed by atoms with Gasteiger partial charge in [0.2, 0.25) is 0 Å². The SMILES string of the molecule is COc1ccccc1-c1nnc(SCc2cccc(C(F)(F)F)c2)n1-c1ccc(C)cc1. The van der Waals surface area contributed by atoms with Crippen molar-refractivity contribution in [1.82, 2.24) is 14.8 Å². The molecule has 0 saturated heterocycles. The van der Waals surface area contributed by atoms with Gasteiger partial charge >= 0.3 is 6.18 Å². The van der Waals surface area contributed by atoms with Gasteiger partial charge in [0.15, 0.2) is 11.0 Å². The lowest BCUT2D eigenvalue weighted by atomic mass is 10.1. The highest BCUT2D eigenvalue weighted by atomic mass is 32.2. The van der Waals surface area contributed by atoms with Gasteiger partial charge in [-0.15, -0.1) is 10.2 Å². The smallest absolute Gasteiger partial charge is 0.416 e. The summed E-state index contributed by atoms with van der Waals surface area (Å²) >= 11 is 1.33. The Kier molecular flexibility index (Phi) is 6.23. The monoisotopic (exact) mass is 455 g/mol. The largest absolute Gasteiger partial charge is 0.496 e. The maximum Gasteiger partial charge on any atom is 0.416 e. The van der Waals surface area contributed by atoms with Crippen molar-refractivity contribution in [3.63, 3.8) is 0 Å². The Morgan fingerprint density at radius 3 is 2.41 bits per heavy atom. The zero-order valence-electron chi connectivity index (χ0n) is 17.4. The lowest BCUT2D eigenvalue weighted by molar-refractivity contribution is -0.137. The highest BCUT2D eigenvalue weighted by Gasteiger charge is 2.30. The number of methoxy groups -OCH3 is 1. The Labute approximate surface area is 188 Å². The van der Waals surface area contributed by atoms with Crippen LogP contribution in [0.15, 0.2) is 78.0 Å². The maximum atomic E-state index is 13.1. The molecule has 0 fully saturated rings. The summed E-state index contributed by atoms with van der Waals surface area (Å²) in [7, 11) is 1.59. The molecule has 0 N–H and O–H groups in total. The van der Waals surface area contributed by atoms with E-state index in [4.69, 9.17) is 4.74 Å². The predicted molar refractivity (Wildman–Crippen MR) is 119 cm³/mol. The molecule has 0 aliphatic heterocycles. The number of ether oxygens (including phenoxy) is 1. The van der Waals surface area contributed by atoms with Gasteiger partial charge in [0.1, 0.15) is 5.75 Å². The summed E-state index contributed by atoms with van der Waals surface area (Å²) < 4.78 is 46.6. The van der Waals surface area contributed by atoms with E-state index in [9.17, 15) is 13.2 Å². The van der Waals surface area contributed by atoms with Gasteiger partial charge in [0.25, 0.3) is 0 Å². The van der Waals surface area contributed by atoms with E-state index in [0.29, 0.717) is 28.0 Å². The molecular weight excluding hydrogens is 435 g/mol. The maximum absolute atomic E-state index is 13.1. The van der Waals surface area contributed by atoms with Crippen LogP contribution in [0.2, 0.25) is 0 Å². The van der Waals surface area contributed by atoms with E-state index >= 15 is 0 Å². The molecule has 0 amide bonds. The number of hydrogen-bond acceptors (Lipinski definition) is 4. The van der Waals surface area contributed by atoms with E-state index in [2.05, 4.69) is 10.2 Å². The molecule has 0 spiro atoms. The number of halogens is 3. The summed E-state index contributed by atoms with van der Waals surface area (Å²) in [5, 5.41) is 9.32. The fourth-order valence-corrected chi connectivity index (χ4v) is 4.17. The van der Waals surface area contributed by atoms with Crippen LogP contribution in [0.25, 0.3) is 17.1 Å². The van der Waals surface area contributed by atoms with Crippen molar-refractivity contribution >= 4 is 11.8 Å². The summed E-state index contributed by atoms with van der Waals surface area (Å²) in [6.45, 7) is 2.00. The Bertz CT molecular complexity index is 1220. The van der Waals surface area contributed by atoms with Crippen LogP contribution in [0.1, 0.15) is 16.7 Å². The molecule has 164 valence electrons. The van der Waals surface area contributed by atoms with Crippen molar-refractivity contribution in [2.45, 2.75) is 24.0 Å². The number of rotatable bonds is 6. The van der Waals surface area contributed by atoms with Gasteiger partial charge in [-0.1, -0.05) is 59.8 Å². The summed E-state index contributed by atoms with van der Waals surface area (Å²) in [5.74, 6) is 1.57. The molecule has 0 radical (unpaired) electrons. The van der Waals surface area contributed by atoms with E-state index in [0.717, 1.165) is 22.9 Å². The van der Waals surface area contributed by atoms with Crippen LogP contribution < -0.4 is 4.74 Å². The van der Waals surface area contributed by atoms with Gasteiger partial charge in [-0.3, -0.25) is 4.57 Å². The second-order valence-electron chi connectivity index (χ2n) is 7.16. The number of nitrogens with zero attached hydrogens (tertiary/aromatic N) is 3. The molecule has 0 atom stereocenters. The van der Waals surface area contributed by atoms with Crippen LogP contribution in [0.3, 0.4) is 0 Å². The molecule has 1 heterocycles. The Hall–Kier alpha value is -3.26. The minimum Gasteiger partial charge on any atom is -0.496 e. The first kappa shape index (κ1) is 22.0. The molecule has 8 heteroatoms. The second kappa shape index (κ2) is 9.08. The van der Waals surface area contributed by atoms with E-state index in [1.807, 2.05) is 60.0 Å². The summed E-state index contributed by atoms with van der Waals surface area (Å²) in [6, 6.07) is 20.7. The highest BCUT2D eigenvalue weighted by Crippen LogP contribution is 2.35. The second-order valence-corrected chi connectivity index (χ2v) is 8.11. The van der Waals surface area contributed by atoms with E-state index < -0.39 is 11.7 Å². The molecule has 3 aromatic carbocycles. The third-order valence-corrected chi connectivity index (χ3v) is 5.90. The van der Waals surface area contributed by atoms with E-state index in [1.165, 1.54) is 23.9 Å². The molecule has 32 heavy (non-hydrogen) atoms. The number of benzene rings is 3. The average molecular weight is 456 g/mol. The zero-order valence-corrected chi connectivity index (χ0v) is 18.2. The van der Waals surface area contributed by atoms with Gasteiger partial charge in [-0.05, 0) is 42.8 Å². The lowest BCUT2D eigenvalue weighted by Crippen LogP contribution is -2.05. The van der Waals surface area contributed by atoms with Crippen molar-refractivity contribution in [2.75, 3.05) is 7.11 Å². The first-order valence-corrected chi connectivity index (χ1v) is 10.8. The first-order chi connectivity index (χ1) is 15.4. The molecular formula is C24H20F3N3OS. The van der Waals surface area contributed by atoms with Crippen molar-refractivity contribution in [3.8, 4) is 22.8 Å². The van der Waals surface area contributed by atoms with Gasteiger partial charge in [0.05, 0.1) is 18.2 Å². The standard InChI is InChI=1S/C24H20F3N3OS/c1-16-10-12-19(13-11-16)30-22(20-8-3-4-9-21(20)31-2)28-29-23(30)32-15-17-6-5-7-18(14-17)24(25,26)27/h3-14H,15H2,1-2H3. The zero-order chi connectivity index (χ0) is 22.7. The molecule has 0 saturated carbocycles. The molecule has 0 bridgehead atoms. The number of aryl methyl sites for hydroxylation is 1. The molecule has 0 unspecified atom stereocenters. The van der Waals surface area contributed by atoms with Gasteiger partial charge in [-0.2, -0.15) is 13.2 Å². The quantitative estimate of drug-likeness (QED) is 0.309. The fraction of sp³-hybridized carbons (Fsp3) is 0.167. The first-order valence-electron chi connectivity index (χ1n) is 9.81. The number of thioether (sulfide) groups is 1.